The molecule has 0 fully saturated rings. The molecule has 2 nitrogen and oxygen atoms in total. The predicted octanol–water partition coefficient (Wildman–Crippen LogP) is 10.7. The lowest BCUT2D eigenvalue weighted by molar-refractivity contribution is 0.257. The Hall–Kier alpha value is -1.47. The van der Waals surface area contributed by atoms with Crippen LogP contribution in [0.3, 0.4) is 0 Å². The van der Waals surface area contributed by atoms with Crippen LogP contribution in [-0.2, 0) is 34.9 Å². The Morgan fingerprint density at radius 3 is 1.74 bits per heavy atom. The maximum absolute atomic E-state index is 6.70. The first-order valence-electron chi connectivity index (χ1n) is 14.7. The molecule has 0 spiro atoms. The summed E-state index contributed by atoms with van der Waals surface area (Å²) in [5, 5.41) is 0.389. The molecule has 38 heavy (non-hydrogen) atoms. The van der Waals surface area contributed by atoms with E-state index in [2.05, 4.69) is 130 Å². The minimum absolute atomic E-state index is 0.191. The number of allylic oxidation sites excluding steroid dienone is 2. The molecule has 2 aromatic carbocycles. The van der Waals surface area contributed by atoms with E-state index in [1.807, 2.05) is 0 Å². The zero-order valence-corrected chi connectivity index (χ0v) is 28.7. The summed E-state index contributed by atoms with van der Waals surface area (Å²) in [5.41, 5.74) is 8.16. The van der Waals surface area contributed by atoms with Gasteiger partial charge in [-0.25, -0.2) is 0 Å². The van der Waals surface area contributed by atoms with Crippen LogP contribution in [0.1, 0.15) is 96.0 Å². The fourth-order valence-corrected chi connectivity index (χ4v) is 5.89. The van der Waals surface area contributed by atoms with Crippen molar-refractivity contribution < 1.29 is 8.85 Å². The summed E-state index contributed by atoms with van der Waals surface area (Å²) < 4.78 is 13.3. The number of hydrogen-bond donors (Lipinski definition) is 0. The Morgan fingerprint density at radius 2 is 1.24 bits per heavy atom. The molecule has 0 aliphatic carbocycles. The van der Waals surface area contributed by atoms with Crippen LogP contribution in [0, 0.1) is 0 Å². The van der Waals surface area contributed by atoms with E-state index in [0.717, 1.165) is 25.7 Å². The van der Waals surface area contributed by atoms with Crippen molar-refractivity contribution in [3.63, 3.8) is 0 Å². The molecule has 0 aromatic heterocycles. The van der Waals surface area contributed by atoms with Crippen molar-refractivity contribution >= 4 is 22.2 Å². The molecule has 0 N–H and O–H groups in total. The molecule has 0 aliphatic rings. The number of hydrogen-bond acceptors (Lipinski definition) is 2. The third kappa shape index (κ3) is 9.04. The van der Waals surface area contributed by atoms with Crippen LogP contribution in [0.15, 0.2) is 48.5 Å². The maximum Gasteiger partial charge on any atom is 0.192 e. The second kappa shape index (κ2) is 13.3. The summed E-state index contributed by atoms with van der Waals surface area (Å²) in [6.07, 6.45) is 6.59. The van der Waals surface area contributed by atoms with Crippen molar-refractivity contribution in [3.05, 3.63) is 76.4 Å². The van der Waals surface area contributed by atoms with E-state index in [-0.39, 0.29) is 10.1 Å². The van der Waals surface area contributed by atoms with E-state index in [1.54, 1.807) is 0 Å². The van der Waals surface area contributed by atoms with Gasteiger partial charge in [-0.15, -0.1) is 0 Å². The molecule has 0 atom stereocenters. The fraction of sp³-hybridized carbons (Fsp3) is 0.588. The SMILES string of the molecule is CC/C=C(\CC)c1cccc(CCc2ccc(CO[Si](C)(C)C(C)(C)C)c(CO[Si](C)(C)C(C)(C)C)c2)c1. The lowest BCUT2D eigenvalue weighted by Crippen LogP contribution is -2.41. The molecule has 2 rings (SSSR count). The third-order valence-electron chi connectivity index (χ3n) is 8.89. The number of aryl methyl sites for hydroxylation is 2. The standard InChI is InChI=1S/C34H56O2Si2/c1-13-16-29(14-2)30-18-15-17-27(23-30)19-20-28-21-22-31(25-35-37(9,10)33(3,4)5)32(24-28)26-36-38(11,12)34(6,7)8/h15-18,21-24H,13-14,19-20,25-26H2,1-12H3/b29-16+. The molecule has 2 aromatic rings. The highest BCUT2D eigenvalue weighted by molar-refractivity contribution is 6.74. The smallest absolute Gasteiger partial charge is 0.192 e. The molecule has 0 aliphatic heterocycles. The van der Waals surface area contributed by atoms with E-state index in [1.165, 1.54) is 33.4 Å². The lowest BCUT2D eigenvalue weighted by atomic mass is 9.96. The van der Waals surface area contributed by atoms with Gasteiger partial charge in [0.2, 0.25) is 0 Å². The summed E-state index contributed by atoms with van der Waals surface area (Å²) in [5.74, 6) is 0. The molecule has 0 bridgehead atoms. The van der Waals surface area contributed by atoms with Crippen LogP contribution >= 0.6 is 0 Å². The van der Waals surface area contributed by atoms with Crippen LogP contribution in [0.5, 0.6) is 0 Å². The summed E-state index contributed by atoms with van der Waals surface area (Å²) in [4.78, 5) is 0. The van der Waals surface area contributed by atoms with Crippen molar-refractivity contribution in [1.82, 2.24) is 0 Å². The van der Waals surface area contributed by atoms with E-state index in [0.29, 0.717) is 13.2 Å². The Morgan fingerprint density at radius 1 is 0.711 bits per heavy atom. The molecule has 0 heterocycles. The first kappa shape index (κ1) is 32.7. The Labute approximate surface area is 237 Å². The van der Waals surface area contributed by atoms with Crippen LogP contribution in [0.4, 0.5) is 0 Å². The van der Waals surface area contributed by atoms with Gasteiger partial charge >= 0.3 is 0 Å². The van der Waals surface area contributed by atoms with Gasteiger partial charge < -0.3 is 8.85 Å². The van der Waals surface area contributed by atoms with E-state index < -0.39 is 16.6 Å². The van der Waals surface area contributed by atoms with Crippen LogP contribution in [-0.4, -0.2) is 16.6 Å². The van der Waals surface area contributed by atoms with Gasteiger partial charge in [0.05, 0.1) is 13.2 Å². The molecule has 0 radical (unpaired) electrons. The van der Waals surface area contributed by atoms with Crippen LogP contribution < -0.4 is 0 Å². The normalized spacial score (nSPS) is 13.7. The predicted molar refractivity (Wildman–Crippen MR) is 173 cm³/mol. The van der Waals surface area contributed by atoms with Crippen molar-refractivity contribution in [3.8, 4) is 0 Å². The lowest BCUT2D eigenvalue weighted by Gasteiger charge is -2.37. The zero-order chi connectivity index (χ0) is 28.8. The van der Waals surface area contributed by atoms with Gasteiger partial charge in [-0.1, -0.05) is 104 Å². The molecule has 0 saturated heterocycles. The van der Waals surface area contributed by atoms with E-state index >= 15 is 0 Å². The Bertz CT molecular complexity index is 1070. The van der Waals surface area contributed by atoms with Gasteiger partial charge in [0.25, 0.3) is 0 Å². The van der Waals surface area contributed by atoms with Crippen LogP contribution in [0.25, 0.3) is 5.57 Å². The number of rotatable bonds is 12. The van der Waals surface area contributed by atoms with Crippen molar-refractivity contribution in [2.75, 3.05) is 0 Å². The van der Waals surface area contributed by atoms with Crippen molar-refractivity contribution in [2.24, 2.45) is 0 Å². The van der Waals surface area contributed by atoms with Gasteiger partial charge in [-0.3, -0.25) is 0 Å². The molecule has 0 amide bonds. The highest BCUT2D eigenvalue weighted by atomic mass is 28.4. The van der Waals surface area contributed by atoms with Gasteiger partial charge in [-0.2, -0.15) is 0 Å². The summed E-state index contributed by atoms with van der Waals surface area (Å²) >= 11 is 0. The first-order chi connectivity index (χ1) is 17.5. The maximum atomic E-state index is 6.70. The zero-order valence-electron chi connectivity index (χ0n) is 26.7. The van der Waals surface area contributed by atoms with Gasteiger partial charge in [0.1, 0.15) is 0 Å². The highest BCUT2D eigenvalue weighted by Crippen LogP contribution is 2.39. The molecular formula is C34H56O2Si2. The minimum Gasteiger partial charge on any atom is -0.413 e. The second-order valence-corrected chi connectivity index (χ2v) is 23.5. The largest absolute Gasteiger partial charge is 0.413 e. The topological polar surface area (TPSA) is 18.5 Å². The van der Waals surface area contributed by atoms with Crippen molar-refractivity contribution in [1.29, 1.82) is 0 Å². The second-order valence-electron chi connectivity index (χ2n) is 13.9. The number of benzene rings is 2. The molecule has 0 saturated carbocycles. The van der Waals surface area contributed by atoms with E-state index in [4.69, 9.17) is 8.85 Å². The Balaban J connectivity index is 2.27. The molecular weight excluding hydrogens is 497 g/mol. The van der Waals surface area contributed by atoms with Crippen LogP contribution in [0.2, 0.25) is 36.3 Å². The Kier molecular flexibility index (Phi) is 11.4. The van der Waals surface area contributed by atoms with Gasteiger partial charge in [0, 0.05) is 0 Å². The molecule has 4 heteroatoms. The fourth-order valence-electron chi connectivity index (χ4n) is 3.99. The van der Waals surface area contributed by atoms with Gasteiger partial charge in [-0.05, 0) is 95.3 Å². The van der Waals surface area contributed by atoms with Crippen molar-refractivity contribution in [2.45, 2.75) is 131 Å². The first-order valence-corrected chi connectivity index (χ1v) is 20.5. The van der Waals surface area contributed by atoms with E-state index in [9.17, 15) is 0 Å². The average molecular weight is 553 g/mol. The quantitative estimate of drug-likeness (QED) is 0.244. The third-order valence-corrected chi connectivity index (χ3v) is 17.8. The summed E-state index contributed by atoms with van der Waals surface area (Å²) in [6, 6.07) is 16.1. The average Bonchev–Trinajstić information content (AvgIpc) is 2.82. The monoisotopic (exact) mass is 552 g/mol. The molecule has 212 valence electrons. The minimum atomic E-state index is -1.85. The summed E-state index contributed by atoms with van der Waals surface area (Å²) in [7, 11) is -3.69. The van der Waals surface area contributed by atoms with Gasteiger partial charge in [0.15, 0.2) is 16.6 Å². The highest BCUT2D eigenvalue weighted by Gasteiger charge is 2.38. The summed E-state index contributed by atoms with van der Waals surface area (Å²) in [6.45, 7) is 29.0. The molecule has 0 unspecified atom stereocenters.